The van der Waals surface area contributed by atoms with Gasteiger partial charge < -0.3 is 15.5 Å². The Bertz CT molecular complexity index is 316. The number of aliphatic hydroxyl groups is 2. The van der Waals surface area contributed by atoms with Crippen molar-refractivity contribution >= 4 is 0 Å². The Balaban J connectivity index is 2.73. The highest BCUT2D eigenvalue weighted by molar-refractivity contribution is 5.25. The smallest absolute Gasteiger partial charge is 0.263 e. The molecule has 2 atom stereocenters. The first kappa shape index (κ1) is 13.0. The minimum Gasteiger partial charge on any atom is -0.389 e. The number of hydrogen-bond donors (Lipinski definition) is 3. The third-order valence-electron chi connectivity index (χ3n) is 2.31. The summed E-state index contributed by atoms with van der Waals surface area (Å²) in [6.45, 7) is 0.234. The molecule has 1 rings (SSSR count). The van der Waals surface area contributed by atoms with Crippen molar-refractivity contribution < 1.29 is 19.0 Å². The molecule has 0 bridgehead atoms. The predicted octanol–water partition coefficient (Wildman–Crippen LogP) is 1.24. The summed E-state index contributed by atoms with van der Waals surface area (Å²) >= 11 is 0. The lowest BCUT2D eigenvalue weighted by Crippen LogP contribution is -2.29. The van der Waals surface area contributed by atoms with Crippen LogP contribution in [-0.4, -0.2) is 29.9 Å². The van der Waals surface area contributed by atoms with Gasteiger partial charge >= 0.3 is 0 Å². The maximum atomic E-state index is 12.3. The van der Waals surface area contributed by atoms with Crippen LogP contribution in [0.3, 0.4) is 0 Å². The molecule has 0 fully saturated rings. The largest absolute Gasteiger partial charge is 0.389 e. The molecule has 1 aromatic rings. The Labute approximate surface area is 92.7 Å². The average molecular weight is 231 g/mol. The molecular weight excluding hydrogens is 216 g/mol. The monoisotopic (exact) mass is 231 g/mol. The molecule has 0 amide bonds. The fraction of sp³-hybridized carbons (Fsp3) is 0.455. The first-order valence-electron chi connectivity index (χ1n) is 4.95. The molecular formula is C11H15F2NO2. The summed E-state index contributed by atoms with van der Waals surface area (Å²) in [7, 11) is 1.65. The highest BCUT2D eigenvalue weighted by Gasteiger charge is 2.17. The van der Waals surface area contributed by atoms with Gasteiger partial charge in [-0.2, -0.15) is 0 Å². The minimum absolute atomic E-state index is 0.0981. The second-order valence-electron chi connectivity index (χ2n) is 3.54. The number of aliphatic hydroxyl groups excluding tert-OH is 2. The van der Waals surface area contributed by atoms with Gasteiger partial charge in [0.2, 0.25) is 0 Å². The zero-order valence-electron chi connectivity index (χ0n) is 8.90. The van der Waals surface area contributed by atoms with Crippen molar-refractivity contribution in [2.75, 3.05) is 13.6 Å². The van der Waals surface area contributed by atoms with Crippen LogP contribution < -0.4 is 5.32 Å². The molecule has 0 aromatic heterocycles. The normalized spacial score (nSPS) is 15.1. The van der Waals surface area contributed by atoms with Gasteiger partial charge in [0.15, 0.2) is 0 Å². The highest BCUT2D eigenvalue weighted by atomic mass is 19.3. The Morgan fingerprint density at radius 2 is 1.62 bits per heavy atom. The third-order valence-corrected chi connectivity index (χ3v) is 2.31. The van der Waals surface area contributed by atoms with Crippen LogP contribution in [0.5, 0.6) is 0 Å². The molecule has 0 aliphatic rings. The molecule has 16 heavy (non-hydrogen) atoms. The molecule has 1 aromatic carbocycles. The van der Waals surface area contributed by atoms with E-state index in [4.69, 9.17) is 0 Å². The quantitative estimate of drug-likeness (QED) is 0.714. The van der Waals surface area contributed by atoms with E-state index in [0.717, 1.165) is 0 Å². The summed E-state index contributed by atoms with van der Waals surface area (Å²) in [5.74, 6) is 0. The van der Waals surface area contributed by atoms with E-state index in [0.29, 0.717) is 5.56 Å². The lowest BCUT2D eigenvalue weighted by molar-refractivity contribution is 0.0202. The maximum Gasteiger partial charge on any atom is 0.263 e. The molecule has 0 aliphatic carbocycles. The van der Waals surface area contributed by atoms with Gasteiger partial charge in [-0.15, -0.1) is 0 Å². The second-order valence-corrected chi connectivity index (χ2v) is 3.54. The van der Waals surface area contributed by atoms with Crippen molar-refractivity contribution in [3.8, 4) is 0 Å². The topological polar surface area (TPSA) is 52.5 Å². The first-order chi connectivity index (χ1) is 7.56. The van der Waals surface area contributed by atoms with E-state index in [1.165, 1.54) is 24.3 Å². The van der Waals surface area contributed by atoms with Gasteiger partial charge in [-0.25, -0.2) is 8.78 Å². The molecule has 0 aliphatic heterocycles. The van der Waals surface area contributed by atoms with Gasteiger partial charge in [0, 0.05) is 12.1 Å². The molecule has 0 saturated heterocycles. The van der Waals surface area contributed by atoms with E-state index in [-0.39, 0.29) is 12.1 Å². The Hall–Kier alpha value is -1.04. The molecule has 5 heteroatoms. The second kappa shape index (κ2) is 5.89. The highest BCUT2D eigenvalue weighted by Crippen LogP contribution is 2.22. The van der Waals surface area contributed by atoms with E-state index >= 15 is 0 Å². The number of hydrogen-bond acceptors (Lipinski definition) is 3. The third kappa shape index (κ3) is 3.23. The van der Waals surface area contributed by atoms with Gasteiger partial charge in [0.1, 0.15) is 6.10 Å². The molecule has 0 heterocycles. The fourth-order valence-corrected chi connectivity index (χ4v) is 1.38. The van der Waals surface area contributed by atoms with Crippen LogP contribution in [0.4, 0.5) is 8.78 Å². The van der Waals surface area contributed by atoms with Crippen LogP contribution in [0.1, 0.15) is 23.7 Å². The minimum atomic E-state index is -2.52. The molecule has 3 N–H and O–H groups in total. The maximum absolute atomic E-state index is 12.3. The van der Waals surface area contributed by atoms with E-state index in [9.17, 15) is 19.0 Å². The van der Waals surface area contributed by atoms with Crippen molar-refractivity contribution in [2.24, 2.45) is 0 Å². The van der Waals surface area contributed by atoms with Gasteiger partial charge in [0.25, 0.3) is 6.43 Å². The summed E-state index contributed by atoms with van der Waals surface area (Å²) in [4.78, 5) is 0. The standard InChI is InChI=1S/C11H15F2NO2/c1-14-6-9(15)10(16)7-2-4-8(5-3-7)11(12)13/h2-5,9-11,14-16H,6H2,1H3. The fourth-order valence-electron chi connectivity index (χ4n) is 1.38. The molecule has 0 saturated carbocycles. The summed E-state index contributed by atoms with van der Waals surface area (Å²) in [6.07, 6.45) is -4.55. The van der Waals surface area contributed by atoms with Gasteiger partial charge in [-0.05, 0) is 12.6 Å². The number of nitrogens with one attached hydrogen (secondary N) is 1. The number of halogens is 2. The lowest BCUT2D eigenvalue weighted by atomic mass is 10.0. The van der Waals surface area contributed by atoms with E-state index in [2.05, 4.69) is 5.32 Å². The van der Waals surface area contributed by atoms with E-state index in [1.54, 1.807) is 7.05 Å². The Kier molecular flexibility index (Phi) is 4.79. The summed E-state index contributed by atoms with van der Waals surface area (Å²) in [6, 6.07) is 5.28. The predicted molar refractivity (Wildman–Crippen MR) is 56.3 cm³/mol. The van der Waals surface area contributed by atoms with Crippen molar-refractivity contribution in [3.63, 3.8) is 0 Å². The zero-order valence-corrected chi connectivity index (χ0v) is 8.90. The van der Waals surface area contributed by atoms with Gasteiger partial charge in [-0.1, -0.05) is 24.3 Å². The summed E-state index contributed by atoms with van der Waals surface area (Å²) in [5.41, 5.74) is 0.325. The van der Waals surface area contributed by atoms with Crippen molar-refractivity contribution in [1.82, 2.24) is 5.32 Å². The van der Waals surface area contributed by atoms with E-state index < -0.39 is 18.6 Å². The molecule has 0 radical (unpaired) electrons. The van der Waals surface area contributed by atoms with Crippen LogP contribution in [0, 0.1) is 0 Å². The SMILES string of the molecule is CNCC(O)C(O)c1ccc(C(F)F)cc1. The summed E-state index contributed by atoms with van der Waals surface area (Å²) < 4.78 is 24.5. The number of alkyl halides is 2. The van der Waals surface area contributed by atoms with E-state index in [1.807, 2.05) is 0 Å². The summed E-state index contributed by atoms with van der Waals surface area (Å²) in [5, 5.41) is 21.9. The van der Waals surface area contributed by atoms with Crippen LogP contribution >= 0.6 is 0 Å². The van der Waals surface area contributed by atoms with Crippen LogP contribution in [-0.2, 0) is 0 Å². The van der Waals surface area contributed by atoms with Gasteiger partial charge in [-0.3, -0.25) is 0 Å². The lowest BCUT2D eigenvalue weighted by Gasteiger charge is -2.17. The van der Waals surface area contributed by atoms with Crippen LogP contribution in [0.2, 0.25) is 0 Å². The Morgan fingerprint density at radius 3 is 2.06 bits per heavy atom. The molecule has 90 valence electrons. The number of rotatable bonds is 5. The number of likely N-dealkylation sites (N-methyl/N-ethyl adjacent to an activating group) is 1. The van der Waals surface area contributed by atoms with Crippen LogP contribution in [0.25, 0.3) is 0 Å². The average Bonchev–Trinajstić information content (AvgIpc) is 2.28. The van der Waals surface area contributed by atoms with Crippen molar-refractivity contribution in [3.05, 3.63) is 35.4 Å². The first-order valence-corrected chi connectivity index (χ1v) is 4.95. The molecule has 3 nitrogen and oxygen atoms in total. The van der Waals surface area contributed by atoms with Gasteiger partial charge in [0.05, 0.1) is 6.10 Å². The number of benzene rings is 1. The van der Waals surface area contributed by atoms with Crippen molar-refractivity contribution in [2.45, 2.75) is 18.6 Å². The Morgan fingerprint density at radius 1 is 1.12 bits per heavy atom. The molecule has 0 spiro atoms. The molecule has 2 unspecified atom stereocenters. The zero-order chi connectivity index (χ0) is 12.1. The van der Waals surface area contributed by atoms with Crippen LogP contribution in [0.15, 0.2) is 24.3 Å². The van der Waals surface area contributed by atoms with Crippen molar-refractivity contribution in [1.29, 1.82) is 0 Å².